The van der Waals surface area contributed by atoms with E-state index >= 15 is 0 Å². The van der Waals surface area contributed by atoms with E-state index in [-0.39, 0.29) is 38.6 Å². The molecule has 0 aliphatic heterocycles. The lowest BCUT2D eigenvalue weighted by atomic mass is 10.0. The van der Waals surface area contributed by atoms with Crippen LogP contribution in [0.1, 0.15) is 258 Å². The standard InChI is InChI=1S/C70H119NO8/c1-6-8-10-12-14-16-18-20-22-24-26-28-30-32-33-34-35-37-39-41-43-45-47-49-51-53-55-57-59-61-68(73)79-66(65-78-70(69(74)75)76-63-62-71(3,4)5)64-77-67(72)60-58-56-54-52-50-48-46-44-42-40-38-36-31-29-27-25-23-21-19-17-15-13-11-9-7-2/h8,10,14,16,20,22,25-28,32-33,35,37,41,43,47,49,66,70H,6-7,9,11-13,15,17-19,21,23-24,29-31,34,36,38-40,42,44-46,48,50-65H2,1-5H3/b10-8-,16-14-,22-20-,27-25-,28-26-,33-32-,37-35-,43-41-,49-47-. The topological polar surface area (TPSA) is 111 Å². The second-order valence-corrected chi connectivity index (χ2v) is 22.3. The Morgan fingerprint density at radius 2 is 0.722 bits per heavy atom. The number of carbonyl (C=O) groups is 3. The molecule has 0 aromatic rings. The highest BCUT2D eigenvalue weighted by molar-refractivity contribution is 5.70. The zero-order valence-electron chi connectivity index (χ0n) is 51.5. The summed E-state index contributed by atoms with van der Waals surface area (Å²) < 4.78 is 22.7. The van der Waals surface area contributed by atoms with Crippen LogP contribution in [0.2, 0.25) is 0 Å². The van der Waals surface area contributed by atoms with Crippen LogP contribution in [0.3, 0.4) is 0 Å². The molecule has 0 N–H and O–H groups in total. The van der Waals surface area contributed by atoms with Gasteiger partial charge in [-0.3, -0.25) is 9.59 Å². The Morgan fingerprint density at radius 3 is 1.09 bits per heavy atom. The van der Waals surface area contributed by atoms with Gasteiger partial charge in [-0.2, -0.15) is 0 Å². The Balaban J connectivity index is 4.28. The maximum atomic E-state index is 12.9. The molecule has 0 aliphatic rings. The summed E-state index contributed by atoms with van der Waals surface area (Å²) in [6.45, 7) is 4.61. The van der Waals surface area contributed by atoms with Gasteiger partial charge < -0.3 is 33.3 Å². The second kappa shape index (κ2) is 60.1. The van der Waals surface area contributed by atoms with Gasteiger partial charge in [0.1, 0.15) is 13.2 Å². The van der Waals surface area contributed by atoms with Crippen LogP contribution in [0.25, 0.3) is 0 Å². The molecule has 0 spiro atoms. The van der Waals surface area contributed by atoms with Crippen molar-refractivity contribution < 1.29 is 42.9 Å². The van der Waals surface area contributed by atoms with Crippen LogP contribution in [0.5, 0.6) is 0 Å². The number of ether oxygens (including phenoxy) is 4. The van der Waals surface area contributed by atoms with Crippen LogP contribution < -0.4 is 5.11 Å². The number of aliphatic carboxylic acids is 1. The zero-order chi connectivity index (χ0) is 57.6. The quantitative estimate of drug-likeness (QED) is 0.0195. The molecule has 0 fully saturated rings. The number of quaternary nitrogens is 1. The molecule has 0 saturated heterocycles. The molecule has 9 nitrogen and oxygen atoms in total. The van der Waals surface area contributed by atoms with Crippen molar-refractivity contribution in [2.75, 3.05) is 47.5 Å². The van der Waals surface area contributed by atoms with E-state index in [1.54, 1.807) is 0 Å². The third-order valence-corrected chi connectivity index (χ3v) is 13.5. The first-order chi connectivity index (χ1) is 38.6. The smallest absolute Gasteiger partial charge is 0.306 e. The Labute approximate surface area is 485 Å². The summed E-state index contributed by atoms with van der Waals surface area (Å²) in [7, 11) is 5.91. The summed E-state index contributed by atoms with van der Waals surface area (Å²) >= 11 is 0. The lowest BCUT2D eigenvalue weighted by Crippen LogP contribution is -2.44. The number of esters is 2. The van der Waals surface area contributed by atoms with E-state index in [0.717, 1.165) is 96.3 Å². The minimum absolute atomic E-state index is 0.137. The lowest BCUT2D eigenvalue weighted by Gasteiger charge is -2.26. The summed E-state index contributed by atoms with van der Waals surface area (Å²) in [4.78, 5) is 37.4. The van der Waals surface area contributed by atoms with Crippen molar-refractivity contribution in [2.24, 2.45) is 0 Å². The van der Waals surface area contributed by atoms with Crippen LogP contribution in [-0.4, -0.2) is 82.3 Å². The van der Waals surface area contributed by atoms with Gasteiger partial charge in [0.2, 0.25) is 0 Å². The van der Waals surface area contributed by atoms with Gasteiger partial charge in [-0.25, -0.2) is 0 Å². The first-order valence-electron chi connectivity index (χ1n) is 32.0. The monoisotopic (exact) mass is 1100 g/mol. The van der Waals surface area contributed by atoms with Crippen LogP contribution in [0.15, 0.2) is 109 Å². The van der Waals surface area contributed by atoms with Crippen molar-refractivity contribution in [1.82, 2.24) is 0 Å². The number of hydrogen-bond acceptors (Lipinski definition) is 8. The van der Waals surface area contributed by atoms with E-state index in [9.17, 15) is 19.5 Å². The van der Waals surface area contributed by atoms with Crippen LogP contribution in [-0.2, 0) is 33.3 Å². The van der Waals surface area contributed by atoms with Gasteiger partial charge in [0.15, 0.2) is 12.4 Å². The second-order valence-electron chi connectivity index (χ2n) is 22.3. The van der Waals surface area contributed by atoms with Gasteiger partial charge in [-0.15, -0.1) is 0 Å². The Bertz CT molecular complexity index is 1660. The Morgan fingerprint density at radius 1 is 0.392 bits per heavy atom. The molecule has 2 unspecified atom stereocenters. The molecule has 0 aromatic carbocycles. The molecule has 0 heterocycles. The van der Waals surface area contributed by atoms with Gasteiger partial charge in [0.05, 0.1) is 40.3 Å². The third kappa shape index (κ3) is 61.4. The van der Waals surface area contributed by atoms with Gasteiger partial charge in [-0.1, -0.05) is 252 Å². The number of carboxylic acids is 1. The van der Waals surface area contributed by atoms with E-state index in [1.165, 1.54) is 128 Å². The highest BCUT2D eigenvalue weighted by Gasteiger charge is 2.22. The van der Waals surface area contributed by atoms with Gasteiger partial charge in [0.25, 0.3) is 0 Å². The number of unbranched alkanes of at least 4 members (excludes halogenated alkanes) is 25. The van der Waals surface area contributed by atoms with Gasteiger partial charge >= 0.3 is 11.9 Å². The molecule has 0 amide bonds. The lowest BCUT2D eigenvalue weighted by molar-refractivity contribution is -0.870. The molecular weight excluding hydrogens is 983 g/mol. The summed E-state index contributed by atoms with van der Waals surface area (Å²) in [6, 6.07) is 0. The fourth-order valence-corrected chi connectivity index (χ4v) is 8.61. The van der Waals surface area contributed by atoms with E-state index < -0.39 is 24.3 Å². The number of likely N-dealkylation sites (N-methyl/N-ethyl adjacent to an activating group) is 1. The van der Waals surface area contributed by atoms with Crippen molar-refractivity contribution in [1.29, 1.82) is 0 Å². The average molecular weight is 1100 g/mol. The van der Waals surface area contributed by atoms with Crippen molar-refractivity contribution in [2.45, 2.75) is 270 Å². The third-order valence-electron chi connectivity index (χ3n) is 13.5. The van der Waals surface area contributed by atoms with Crippen molar-refractivity contribution in [3.8, 4) is 0 Å². The first kappa shape index (κ1) is 75.0. The normalized spacial score (nSPS) is 13.5. The number of rotatable bonds is 58. The van der Waals surface area contributed by atoms with Crippen molar-refractivity contribution in [3.63, 3.8) is 0 Å². The predicted octanol–water partition coefficient (Wildman–Crippen LogP) is 18.1. The number of hydrogen-bond donors (Lipinski definition) is 0. The Hall–Kier alpha value is -4.05. The highest BCUT2D eigenvalue weighted by atomic mass is 16.7. The summed E-state index contributed by atoms with van der Waals surface area (Å²) in [5.74, 6) is -2.32. The predicted molar refractivity (Wildman–Crippen MR) is 333 cm³/mol. The molecule has 0 aliphatic carbocycles. The van der Waals surface area contributed by atoms with Gasteiger partial charge in [0, 0.05) is 12.8 Å². The molecule has 0 saturated carbocycles. The number of nitrogens with zero attached hydrogens (tertiary/aromatic N) is 1. The van der Waals surface area contributed by atoms with E-state index in [2.05, 4.69) is 123 Å². The van der Waals surface area contributed by atoms with E-state index in [0.29, 0.717) is 17.4 Å². The minimum Gasteiger partial charge on any atom is -0.545 e. The average Bonchev–Trinajstić information content (AvgIpc) is 3.42. The molecule has 9 heteroatoms. The largest absolute Gasteiger partial charge is 0.545 e. The van der Waals surface area contributed by atoms with Crippen LogP contribution in [0.4, 0.5) is 0 Å². The van der Waals surface area contributed by atoms with Crippen molar-refractivity contribution in [3.05, 3.63) is 109 Å². The summed E-state index contributed by atoms with van der Waals surface area (Å²) in [6.07, 6.45) is 80.0. The van der Waals surface area contributed by atoms with E-state index in [1.807, 2.05) is 21.1 Å². The maximum Gasteiger partial charge on any atom is 0.306 e. The fourth-order valence-electron chi connectivity index (χ4n) is 8.61. The molecule has 0 aromatic heterocycles. The van der Waals surface area contributed by atoms with Gasteiger partial charge in [-0.05, 0) is 103 Å². The molecule has 0 radical (unpaired) electrons. The molecule has 452 valence electrons. The molecule has 79 heavy (non-hydrogen) atoms. The summed E-state index contributed by atoms with van der Waals surface area (Å²) in [5, 5.41) is 11.8. The first-order valence-corrected chi connectivity index (χ1v) is 32.0. The zero-order valence-corrected chi connectivity index (χ0v) is 51.5. The number of carboxylic acid groups (broad SMARTS) is 1. The van der Waals surface area contributed by atoms with E-state index in [4.69, 9.17) is 18.9 Å². The molecule has 0 bridgehead atoms. The molecule has 2 atom stereocenters. The highest BCUT2D eigenvalue weighted by Crippen LogP contribution is 2.16. The van der Waals surface area contributed by atoms with Crippen molar-refractivity contribution >= 4 is 17.9 Å². The maximum absolute atomic E-state index is 12.9. The number of carbonyl (C=O) groups excluding carboxylic acids is 3. The Kier molecular flexibility index (Phi) is 57.0. The summed E-state index contributed by atoms with van der Waals surface area (Å²) in [5.41, 5.74) is 0. The minimum atomic E-state index is -1.64. The van der Waals surface area contributed by atoms with Crippen LogP contribution >= 0.6 is 0 Å². The molecule has 0 rings (SSSR count). The SMILES string of the molecule is CC/C=C\C/C=C\C/C=C\C/C=C\C/C=C\C/C=C\C/C=C\C/C=C\CCCCCCC(=O)OC(COC(=O)CCCCCCCCCCCCCCC/C=C\CCCCCCCCCC)COC(OCC[N+](C)(C)C)C(=O)[O-]. The fraction of sp³-hybridized carbons (Fsp3) is 0.700. The molecular formula is C70H119NO8. The van der Waals surface area contributed by atoms with Crippen LogP contribution in [0, 0.1) is 0 Å². The number of allylic oxidation sites excluding steroid dienone is 18.